The van der Waals surface area contributed by atoms with Gasteiger partial charge in [-0.05, 0) is 42.5 Å². The number of carbonyl (C=O) groups excluding carboxylic acids is 1. The molecular formula is C22H17ClF3N5O2. The van der Waals surface area contributed by atoms with Crippen LogP contribution in [0.4, 0.5) is 18.9 Å². The molecule has 3 N–H and O–H groups in total. The van der Waals surface area contributed by atoms with Crippen LogP contribution >= 0.6 is 11.6 Å². The predicted molar refractivity (Wildman–Crippen MR) is 120 cm³/mol. The van der Waals surface area contributed by atoms with Gasteiger partial charge in [-0.3, -0.25) is 14.8 Å². The Balaban J connectivity index is 1.94. The summed E-state index contributed by atoms with van der Waals surface area (Å²) in [6.45, 7) is 0. The molecule has 0 spiro atoms. The van der Waals surface area contributed by atoms with Crippen LogP contribution in [0.2, 0.25) is 0 Å². The summed E-state index contributed by atoms with van der Waals surface area (Å²) < 4.78 is 44.1. The highest BCUT2D eigenvalue weighted by atomic mass is 35.5. The molecule has 0 atom stereocenters. The van der Waals surface area contributed by atoms with Gasteiger partial charge in [-0.25, -0.2) is 4.98 Å². The van der Waals surface area contributed by atoms with Crippen molar-refractivity contribution in [1.29, 1.82) is 0 Å². The summed E-state index contributed by atoms with van der Waals surface area (Å²) >= 11 is 4.73. The molecule has 0 unspecified atom stereocenters. The second-order valence-corrected chi connectivity index (χ2v) is 6.94. The molecule has 11 heteroatoms. The van der Waals surface area contributed by atoms with E-state index in [-0.39, 0.29) is 22.4 Å². The maximum atomic E-state index is 14.4. The number of hydrogen-bond donors (Lipinski definition) is 2. The summed E-state index contributed by atoms with van der Waals surface area (Å²) in [5.41, 5.74) is 3.33. The average Bonchev–Trinajstić information content (AvgIpc) is 2.78. The van der Waals surface area contributed by atoms with Crippen LogP contribution in [0.15, 0.2) is 66.1 Å². The number of ether oxygens (including phenoxy) is 1. The van der Waals surface area contributed by atoms with Crippen molar-refractivity contribution >= 4 is 35.0 Å². The summed E-state index contributed by atoms with van der Waals surface area (Å²) in [5, 5.41) is 2.60. The van der Waals surface area contributed by atoms with E-state index in [2.05, 4.69) is 25.0 Å². The summed E-state index contributed by atoms with van der Waals surface area (Å²) in [7, 11) is 1.54. The van der Waals surface area contributed by atoms with Crippen LogP contribution in [0, 0.1) is 5.95 Å². The quantitative estimate of drug-likeness (QED) is 0.293. The number of anilines is 1. The first-order valence-electron chi connectivity index (χ1n) is 9.34. The number of rotatable bonds is 7. The molecule has 0 aliphatic rings. The van der Waals surface area contributed by atoms with Crippen molar-refractivity contribution < 1.29 is 22.7 Å². The van der Waals surface area contributed by atoms with E-state index in [1.165, 1.54) is 61.2 Å². The Morgan fingerprint density at radius 1 is 1.21 bits per heavy atom. The lowest BCUT2D eigenvalue weighted by atomic mass is 9.99. The molecule has 0 aliphatic heterocycles. The van der Waals surface area contributed by atoms with Crippen LogP contribution in [0.25, 0.3) is 16.7 Å². The minimum absolute atomic E-state index is 0.106. The summed E-state index contributed by atoms with van der Waals surface area (Å²) in [6.07, 6.45) is 5.30. The van der Waals surface area contributed by atoms with Gasteiger partial charge in [-0.2, -0.15) is 4.39 Å². The molecule has 33 heavy (non-hydrogen) atoms. The highest BCUT2D eigenvalue weighted by molar-refractivity contribution is 6.20. The van der Waals surface area contributed by atoms with Crippen molar-refractivity contribution in [2.45, 2.75) is 5.57 Å². The van der Waals surface area contributed by atoms with Gasteiger partial charge < -0.3 is 15.8 Å². The van der Waals surface area contributed by atoms with Crippen LogP contribution in [-0.2, 0) is 0 Å². The van der Waals surface area contributed by atoms with E-state index >= 15 is 0 Å². The van der Waals surface area contributed by atoms with E-state index in [9.17, 15) is 18.0 Å². The second kappa shape index (κ2) is 10.1. The number of halogens is 4. The van der Waals surface area contributed by atoms with Crippen molar-refractivity contribution in [2.24, 2.45) is 10.7 Å². The molecule has 2 aromatic heterocycles. The van der Waals surface area contributed by atoms with Crippen molar-refractivity contribution in [3.05, 3.63) is 78.3 Å². The zero-order valence-corrected chi connectivity index (χ0v) is 17.9. The first-order chi connectivity index (χ1) is 15.7. The molecule has 170 valence electrons. The fraction of sp³-hybridized carbons (Fsp3) is 0.0909. The lowest BCUT2D eigenvalue weighted by molar-refractivity contribution is -0.0964. The highest BCUT2D eigenvalue weighted by Gasteiger charge is 2.27. The van der Waals surface area contributed by atoms with Crippen molar-refractivity contribution in [3.8, 4) is 16.9 Å². The minimum atomic E-state index is -3.85. The maximum absolute atomic E-state index is 14.4. The van der Waals surface area contributed by atoms with Crippen LogP contribution in [0.1, 0.15) is 16.1 Å². The zero-order chi connectivity index (χ0) is 24.0. The Morgan fingerprint density at radius 2 is 1.94 bits per heavy atom. The molecule has 0 radical (unpaired) electrons. The Kier molecular flexibility index (Phi) is 7.29. The van der Waals surface area contributed by atoms with Gasteiger partial charge in [0.2, 0.25) is 5.95 Å². The van der Waals surface area contributed by atoms with E-state index in [1.807, 2.05) is 0 Å². The molecule has 0 fully saturated rings. The van der Waals surface area contributed by atoms with Crippen molar-refractivity contribution in [3.63, 3.8) is 0 Å². The number of nitrogens with zero attached hydrogens (tertiary/aromatic N) is 3. The third kappa shape index (κ3) is 6.07. The van der Waals surface area contributed by atoms with Gasteiger partial charge in [0.05, 0.1) is 11.3 Å². The fourth-order valence-electron chi connectivity index (χ4n) is 2.88. The van der Waals surface area contributed by atoms with Gasteiger partial charge in [0.1, 0.15) is 5.75 Å². The first kappa shape index (κ1) is 23.7. The highest BCUT2D eigenvalue weighted by Crippen LogP contribution is 2.30. The number of aromatic nitrogens is 2. The summed E-state index contributed by atoms with van der Waals surface area (Å²) in [4.78, 5) is 24.6. The van der Waals surface area contributed by atoms with E-state index in [0.717, 1.165) is 0 Å². The number of aliphatic imine (C=N–C) groups is 1. The van der Waals surface area contributed by atoms with Gasteiger partial charge in [0, 0.05) is 65.8 Å². The third-order valence-electron chi connectivity index (χ3n) is 4.27. The zero-order valence-electron chi connectivity index (χ0n) is 17.1. The molecule has 7 nitrogen and oxygen atoms in total. The number of nitrogens with two attached hydrogens (primary N) is 1. The van der Waals surface area contributed by atoms with Crippen LogP contribution in [0.5, 0.6) is 5.75 Å². The van der Waals surface area contributed by atoms with Crippen molar-refractivity contribution in [1.82, 2.24) is 9.97 Å². The molecule has 0 saturated heterocycles. The van der Waals surface area contributed by atoms with E-state index in [4.69, 9.17) is 17.3 Å². The number of hydrogen-bond acceptors (Lipinski definition) is 6. The van der Waals surface area contributed by atoms with E-state index < -0.39 is 17.4 Å². The number of amides is 1. The monoisotopic (exact) mass is 475 g/mol. The standard InChI is InChI=1S/C22H17ClF3N5O2/c1-28-11-14(10-27)19-18(17-3-2-8-29-20(17)24)9-13(12-30-19)21(32)31-15-4-6-16(7-5-15)33-22(23,25)26/h2-12H,27H2,1H3,(H,31,32). The van der Waals surface area contributed by atoms with Crippen LogP contribution in [0.3, 0.4) is 0 Å². The smallest absolute Gasteiger partial charge is 0.420 e. The molecular weight excluding hydrogens is 459 g/mol. The Morgan fingerprint density at radius 3 is 2.55 bits per heavy atom. The number of pyridine rings is 2. The van der Waals surface area contributed by atoms with Gasteiger partial charge in [-0.15, -0.1) is 8.78 Å². The lowest BCUT2D eigenvalue weighted by Gasteiger charge is -2.13. The van der Waals surface area contributed by atoms with Gasteiger partial charge >= 0.3 is 5.57 Å². The maximum Gasteiger partial charge on any atom is 0.487 e. The number of carbonyl (C=O) groups is 1. The second-order valence-electron chi connectivity index (χ2n) is 6.50. The summed E-state index contributed by atoms with van der Waals surface area (Å²) in [6, 6.07) is 9.61. The third-order valence-corrected chi connectivity index (χ3v) is 4.34. The predicted octanol–water partition coefficient (Wildman–Crippen LogP) is 4.70. The number of benzene rings is 1. The number of allylic oxidation sites excluding steroid dienone is 1. The number of nitrogens with one attached hydrogen (secondary N) is 1. The molecule has 3 rings (SSSR count). The van der Waals surface area contributed by atoms with Crippen molar-refractivity contribution in [2.75, 3.05) is 12.4 Å². The molecule has 2 heterocycles. The van der Waals surface area contributed by atoms with Crippen LogP contribution < -0.4 is 15.8 Å². The molecule has 3 aromatic rings. The Labute approximate surface area is 191 Å². The Hall–Kier alpha value is -3.92. The topological polar surface area (TPSA) is 102 Å². The number of alkyl halides is 3. The van der Waals surface area contributed by atoms with Gasteiger partial charge in [-0.1, -0.05) is 0 Å². The fourth-order valence-corrected chi connectivity index (χ4v) is 2.97. The molecule has 1 amide bonds. The Bertz CT molecular complexity index is 1210. The SMILES string of the molecule is CN=CC(=CN)c1ncc(C(=O)Nc2ccc(OC(F)(F)Cl)cc2)cc1-c1cccnc1F. The van der Waals surface area contributed by atoms with Crippen LogP contribution in [-0.4, -0.2) is 34.7 Å². The largest absolute Gasteiger partial charge is 0.487 e. The molecule has 0 bridgehead atoms. The molecule has 0 saturated carbocycles. The molecule has 0 aliphatic carbocycles. The lowest BCUT2D eigenvalue weighted by Crippen LogP contribution is -2.16. The van der Waals surface area contributed by atoms with Gasteiger partial charge in [0.15, 0.2) is 0 Å². The minimum Gasteiger partial charge on any atom is -0.420 e. The van der Waals surface area contributed by atoms with E-state index in [1.54, 1.807) is 13.1 Å². The normalized spacial score (nSPS) is 12.1. The average molecular weight is 476 g/mol. The van der Waals surface area contributed by atoms with Gasteiger partial charge in [0.25, 0.3) is 5.91 Å². The summed E-state index contributed by atoms with van der Waals surface area (Å²) in [5.74, 6) is -1.51. The van der Waals surface area contributed by atoms with E-state index in [0.29, 0.717) is 17.0 Å². The molecule has 1 aromatic carbocycles. The first-order valence-corrected chi connectivity index (χ1v) is 9.72.